The first-order valence-corrected chi connectivity index (χ1v) is 6.55. The molecule has 2 aromatic carbocycles. The van der Waals surface area contributed by atoms with Gasteiger partial charge in [0.25, 0.3) is 0 Å². The van der Waals surface area contributed by atoms with E-state index in [-0.39, 0.29) is 17.3 Å². The maximum absolute atomic E-state index is 12.5. The highest BCUT2D eigenvalue weighted by molar-refractivity contribution is 6.33. The molecule has 0 bridgehead atoms. The summed E-state index contributed by atoms with van der Waals surface area (Å²) in [6.07, 6.45) is -4.42. The van der Waals surface area contributed by atoms with E-state index in [1.807, 2.05) is 0 Å². The molecule has 0 saturated heterocycles. The molecule has 21 heavy (non-hydrogen) atoms. The van der Waals surface area contributed by atoms with Crippen molar-refractivity contribution in [2.45, 2.75) is 19.6 Å². The lowest BCUT2D eigenvalue weighted by atomic mass is 10.1. The van der Waals surface area contributed by atoms with Crippen LogP contribution in [0, 0.1) is 6.92 Å². The standard InChI is InChI=1S/C15H13ClF3NO/c1-9-3-2-4-10(14(9)21)8-20-13-6-5-11(7-12(13)16)15(17,18)19/h2-7,20-21H,8H2,1H3. The predicted octanol–water partition coefficient (Wildman–Crippen LogP) is 4.98. The zero-order valence-electron chi connectivity index (χ0n) is 11.1. The fourth-order valence-corrected chi connectivity index (χ4v) is 2.13. The van der Waals surface area contributed by atoms with Crippen LogP contribution in [0.25, 0.3) is 0 Å². The van der Waals surface area contributed by atoms with E-state index >= 15 is 0 Å². The molecule has 2 nitrogen and oxygen atoms in total. The van der Waals surface area contributed by atoms with Crippen molar-refractivity contribution in [2.75, 3.05) is 5.32 Å². The minimum absolute atomic E-state index is 0.0167. The monoisotopic (exact) mass is 315 g/mol. The molecule has 2 aromatic rings. The summed E-state index contributed by atoms with van der Waals surface area (Å²) in [4.78, 5) is 0. The molecule has 0 heterocycles. The maximum atomic E-state index is 12.5. The molecule has 0 radical (unpaired) electrons. The SMILES string of the molecule is Cc1cccc(CNc2ccc(C(F)(F)F)cc2Cl)c1O. The van der Waals surface area contributed by atoms with Gasteiger partial charge in [-0.25, -0.2) is 0 Å². The fourth-order valence-electron chi connectivity index (χ4n) is 1.89. The second-order valence-electron chi connectivity index (χ2n) is 4.63. The van der Waals surface area contributed by atoms with Gasteiger partial charge in [0, 0.05) is 12.1 Å². The molecular formula is C15H13ClF3NO. The molecule has 0 aliphatic rings. The van der Waals surface area contributed by atoms with Gasteiger partial charge in [0.1, 0.15) is 5.75 Å². The number of nitrogens with one attached hydrogen (secondary N) is 1. The molecule has 0 aliphatic heterocycles. The number of aromatic hydroxyl groups is 1. The highest BCUT2D eigenvalue weighted by Crippen LogP contribution is 2.34. The van der Waals surface area contributed by atoms with Crippen molar-refractivity contribution in [3.63, 3.8) is 0 Å². The van der Waals surface area contributed by atoms with Crippen LogP contribution in [0.5, 0.6) is 5.75 Å². The quantitative estimate of drug-likeness (QED) is 0.836. The first-order chi connectivity index (χ1) is 9.79. The summed E-state index contributed by atoms with van der Waals surface area (Å²) in [6.45, 7) is 2.03. The van der Waals surface area contributed by atoms with Crippen LogP contribution in [0.4, 0.5) is 18.9 Å². The van der Waals surface area contributed by atoms with Crippen LogP contribution in [0.1, 0.15) is 16.7 Å². The Kier molecular flexibility index (Phi) is 4.32. The van der Waals surface area contributed by atoms with Crippen LogP contribution in [0.2, 0.25) is 5.02 Å². The highest BCUT2D eigenvalue weighted by Gasteiger charge is 2.30. The molecule has 0 amide bonds. The normalized spacial score (nSPS) is 11.5. The Morgan fingerprint density at radius 3 is 2.52 bits per heavy atom. The lowest BCUT2D eigenvalue weighted by Gasteiger charge is -2.13. The number of rotatable bonds is 3. The summed E-state index contributed by atoms with van der Waals surface area (Å²) in [5.74, 6) is 0.160. The Bertz CT molecular complexity index is 656. The van der Waals surface area contributed by atoms with Crippen LogP contribution in [0.15, 0.2) is 36.4 Å². The third kappa shape index (κ3) is 3.61. The van der Waals surface area contributed by atoms with E-state index in [0.29, 0.717) is 11.3 Å². The molecule has 0 spiro atoms. The predicted molar refractivity (Wildman–Crippen MR) is 76.6 cm³/mol. The number of aryl methyl sites for hydroxylation is 1. The molecule has 0 atom stereocenters. The van der Waals surface area contributed by atoms with Crippen LogP contribution in [0.3, 0.4) is 0 Å². The summed E-state index contributed by atoms with van der Waals surface area (Å²) in [6, 6.07) is 8.40. The topological polar surface area (TPSA) is 32.3 Å². The first kappa shape index (κ1) is 15.5. The van der Waals surface area contributed by atoms with Gasteiger partial charge in [0.05, 0.1) is 16.3 Å². The van der Waals surface area contributed by atoms with Crippen molar-refractivity contribution in [1.82, 2.24) is 0 Å². The number of alkyl halides is 3. The van der Waals surface area contributed by atoms with Crippen LogP contribution in [-0.2, 0) is 12.7 Å². The van der Waals surface area contributed by atoms with E-state index in [1.165, 1.54) is 6.07 Å². The maximum Gasteiger partial charge on any atom is 0.416 e. The van der Waals surface area contributed by atoms with E-state index in [2.05, 4.69) is 5.32 Å². The fraction of sp³-hybridized carbons (Fsp3) is 0.200. The zero-order chi connectivity index (χ0) is 15.6. The molecule has 0 saturated carbocycles. The van der Waals surface area contributed by atoms with Crippen molar-refractivity contribution in [3.8, 4) is 5.75 Å². The second-order valence-corrected chi connectivity index (χ2v) is 5.04. The van der Waals surface area contributed by atoms with E-state index in [4.69, 9.17) is 11.6 Å². The minimum Gasteiger partial charge on any atom is -0.507 e. The lowest BCUT2D eigenvalue weighted by molar-refractivity contribution is -0.137. The molecule has 0 aliphatic carbocycles. The number of hydrogen-bond donors (Lipinski definition) is 2. The van der Waals surface area contributed by atoms with Gasteiger partial charge >= 0.3 is 6.18 Å². The molecule has 112 valence electrons. The summed E-state index contributed by atoms with van der Waals surface area (Å²) in [5, 5.41) is 12.8. The third-order valence-electron chi connectivity index (χ3n) is 3.09. The van der Waals surface area contributed by atoms with Crippen molar-refractivity contribution < 1.29 is 18.3 Å². The number of anilines is 1. The van der Waals surface area contributed by atoms with E-state index in [9.17, 15) is 18.3 Å². The van der Waals surface area contributed by atoms with Gasteiger partial charge in [-0.05, 0) is 30.7 Å². The van der Waals surface area contributed by atoms with E-state index < -0.39 is 11.7 Å². The zero-order valence-corrected chi connectivity index (χ0v) is 11.9. The van der Waals surface area contributed by atoms with Gasteiger partial charge in [0.15, 0.2) is 0 Å². The Morgan fingerprint density at radius 2 is 1.90 bits per heavy atom. The van der Waals surface area contributed by atoms with Crippen LogP contribution >= 0.6 is 11.6 Å². The van der Waals surface area contributed by atoms with Gasteiger partial charge in [-0.15, -0.1) is 0 Å². The average Bonchev–Trinajstić information content (AvgIpc) is 2.40. The van der Waals surface area contributed by atoms with Crippen molar-refractivity contribution in [3.05, 3.63) is 58.1 Å². The number of hydrogen-bond acceptors (Lipinski definition) is 2. The van der Waals surface area contributed by atoms with Crippen molar-refractivity contribution >= 4 is 17.3 Å². The lowest BCUT2D eigenvalue weighted by Crippen LogP contribution is -2.06. The minimum atomic E-state index is -4.42. The van der Waals surface area contributed by atoms with Gasteiger partial charge in [-0.3, -0.25) is 0 Å². The summed E-state index contributed by atoms with van der Waals surface area (Å²) in [7, 11) is 0. The van der Waals surface area contributed by atoms with E-state index in [0.717, 1.165) is 17.7 Å². The summed E-state index contributed by atoms with van der Waals surface area (Å²) >= 11 is 5.85. The molecule has 6 heteroatoms. The first-order valence-electron chi connectivity index (χ1n) is 6.17. The molecule has 0 unspecified atom stereocenters. The Morgan fingerprint density at radius 1 is 1.19 bits per heavy atom. The van der Waals surface area contributed by atoms with Gasteiger partial charge in [0.2, 0.25) is 0 Å². The number of halogens is 4. The molecule has 0 fully saturated rings. The summed E-state index contributed by atoms with van der Waals surface area (Å²) < 4.78 is 37.6. The third-order valence-corrected chi connectivity index (χ3v) is 3.40. The smallest absolute Gasteiger partial charge is 0.416 e. The number of para-hydroxylation sites is 1. The highest BCUT2D eigenvalue weighted by atomic mass is 35.5. The number of phenols is 1. The largest absolute Gasteiger partial charge is 0.507 e. The van der Waals surface area contributed by atoms with Crippen molar-refractivity contribution in [1.29, 1.82) is 0 Å². The van der Waals surface area contributed by atoms with Gasteiger partial charge in [-0.2, -0.15) is 13.2 Å². The Balaban J connectivity index is 2.16. The van der Waals surface area contributed by atoms with Crippen LogP contribution < -0.4 is 5.32 Å². The second kappa shape index (κ2) is 5.85. The molecule has 0 aromatic heterocycles. The number of benzene rings is 2. The number of phenolic OH excluding ortho intramolecular Hbond substituents is 1. The summed E-state index contributed by atoms with van der Waals surface area (Å²) in [5.41, 5.74) is 0.959. The van der Waals surface area contributed by atoms with E-state index in [1.54, 1.807) is 25.1 Å². The molecule has 2 N–H and O–H groups in total. The van der Waals surface area contributed by atoms with Crippen LogP contribution in [-0.4, -0.2) is 5.11 Å². The molecule has 2 rings (SSSR count). The van der Waals surface area contributed by atoms with Gasteiger partial charge in [-0.1, -0.05) is 29.8 Å². The van der Waals surface area contributed by atoms with Crippen molar-refractivity contribution in [2.24, 2.45) is 0 Å². The Labute approximate surface area is 125 Å². The average molecular weight is 316 g/mol. The Hall–Kier alpha value is -1.88. The molecular weight excluding hydrogens is 303 g/mol. The van der Waals surface area contributed by atoms with Gasteiger partial charge < -0.3 is 10.4 Å².